The van der Waals surface area contributed by atoms with Crippen molar-refractivity contribution < 1.29 is 19.1 Å². The van der Waals surface area contributed by atoms with Crippen molar-refractivity contribution in [3.63, 3.8) is 0 Å². The molecule has 0 radical (unpaired) electrons. The van der Waals surface area contributed by atoms with Gasteiger partial charge in [-0.1, -0.05) is 48.5 Å². The number of carbonyl (C=O) groups is 2. The Morgan fingerprint density at radius 2 is 1.59 bits per heavy atom. The first-order chi connectivity index (χ1) is 18.9. The van der Waals surface area contributed by atoms with Gasteiger partial charge < -0.3 is 29.6 Å². The van der Waals surface area contributed by atoms with Crippen molar-refractivity contribution in [1.29, 1.82) is 0 Å². The van der Waals surface area contributed by atoms with Crippen LogP contribution in [0.3, 0.4) is 0 Å². The van der Waals surface area contributed by atoms with Crippen molar-refractivity contribution in [2.75, 3.05) is 32.6 Å². The molecule has 0 aliphatic heterocycles. The Labute approximate surface area is 229 Å². The second-order valence-electron chi connectivity index (χ2n) is 9.66. The number of aromatic amines is 1. The number of benzene rings is 3. The van der Waals surface area contributed by atoms with Crippen molar-refractivity contribution in [2.45, 2.75) is 32.9 Å². The van der Waals surface area contributed by atoms with E-state index in [4.69, 9.17) is 9.47 Å². The molecule has 1 aromatic heterocycles. The predicted octanol–water partition coefficient (Wildman–Crippen LogP) is 5.70. The molecule has 3 aromatic carbocycles. The number of anilines is 1. The second-order valence-corrected chi connectivity index (χ2v) is 9.66. The minimum atomic E-state index is -0.370. The van der Waals surface area contributed by atoms with Crippen molar-refractivity contribution >= 4 is 28.5 Å². The molecule has 0 bridgehead atoms. The maximum atomic E-state index is 13.7. The third-order valence-electron chi connectivity index (χ3n) is 6.69. The molecule has 8 heteroatoms. The van der Waals surface area contributed by atoms with Gasteiger partial charge >= 0.3 is 6.03 Å². The third-order valence-corrected chi connectivity index (χ3v) is 6.69. The molecular weight excluding hydrogens is 492 g/mol. The molecule has 2 N–H and O–H groups in total. The van der Waals surface area contributed by atoms with E-state index in [9.17, 15) is 9.59 Å². The Hall–Kier alpha value is -4.46. The lowest BCUT2D eigenvalue weighted by atomic mass is 10.1. The molecule has 39 heavy (non-hydrogen) atoms. The third kappa shape index (κ3) is 7.10. The first kappa shape index (κ1) is 27.6. The smallest absolute Gasteiger partial charge is 0.322 e. The highest BCUT2D eigenvalue weighted by Crippen LogP contribution is 2.26. The van der Waals surface area contributed by atoms with E-state index in [2.05, 4.69) is 16.4 Å². The maximum absolute atomic E-state index is 13.7. The van der Waals surface area contributed by atoms with Crippen LogP contribution in [0.5, 0.6) is 11.5 Å². The van der Waals surface area contributed by atoms with Gasteiger partial charge in [0.1, 0.15) is 18.0 Å². The molecule has 8 nitrogen and oxygen atoms in total. The summed E-state index contributed by atoms with van der Waals surface area (Å²) in [4.78, 5) is 33.7. The molecule has 0 aliphatic carbocycles. The number of aromatic nitrogens is 1. The van der Waals surface area contributed by atoms with E-state index in [1.807, 2.05) is 73.5 Å². The summed E-state index contributed by atoms with van der Waals surface area (Å²) in [6.07, 6.45) is 2.70. The first-order valence-electron chi connectivity index (χ1n) is 13.0. The Kier molecular flexibility index (Phi) is 9.10. The molecule has 0 fully saturated rings. The minimum Gasteiger partial charge on any atom is -0.497 e. The van der Waals surface area contributed by atoms with Gasteiger partial charge in [-0.15, -0.1) is 0 Å². The molecule has 4 aromatic rings. The molecule has 3 amide bonds. The minimum absolute atomic E-state index is 0.0503. The van der Waals surface area contributed by atoms with Crippen LogP contribution in [-0.2, 0) is 17.8 Å². The zero-order valence-electron chi connectivity index (χ0n) is 22.9. The maximum Gasteiger partial charge on any atom is 0.322 e. The lowest BCUT2D eigenvalue weighted by Crippen LogP contribution is -2.47. The van der Waals surface area contributed by atoms with E-state index in [1.165, 1.54) is 4.90 Å². The summed E-state index contributed by atoms with van der Waals surface area (Å²) >= 11 is 0. The van der Waals surface area contributed by atoms with Gasteiger partial charge in [0.05, 0.1) is 14.2 Å². The molecule has 0 atom stereocenters. The molecule has 204 valence electrons. The Bertz CT molecular complexity index is 1380. The molecule has 0 aliphatic rings. The Morgan fingerprint density at radius 1 is 0.923 bits per heavy atom. The molecular formula is C31H36N4O4. The number of para-hydroxylation sites is 1. The van der Waals surface area contributed by atoms with Gasteiger partial charge in [0.2, 0.25) is 5.91 Å². The van der Waals surface area contributed by atoms with Crippen molar-refractivity contribution in [1.82, 2.24) is 14.8 Å². The fourth-order valence-electron chi connectivity index (χ4n) is 4.50. The number of rotatable bonds is 11. The number of methoxy groups -OCH3 is 2. The average Bonchev–Trinajstić information content (AvgIpc) is 3.36. The summed E-state index contributed by atoms with van der Waals surface area (Å²) in [5, 5.41) is 4.05. The van der Waals surface area contributed by atoms with Gasteiger partial charge in [-0.3, -0.25) is 4.79 Å². The summed E-state index contributed by atoms with van der Waals surface area (Å²) in [5.74, 6) is 0.997. The number of amides is 3. The zero-order valence-corrected chi connectivity index (χ0v) is 22.9. The van der Waals surface area contributed by atoms with Crippen LogP contribution in [0.25, 0.3) is 10.9 Å². The molecule has 1 heterocycles. The SMILES string of the molecule is COc1cc(NC(=O)N(CC(=O)N(CCc2c[nH]c3ccccc23)Cc2ccccc2)C(C)C)cc(OC)c1. The number of nitrogens with zero attached hydrogens (tertiary/aromatic N) is 2. The number of hydrogen-bond donors (Lipinski definition) is 2. The average molecular weight is 529 g/mol. The largest absolute Gasteiger partial charge is 0.497 e. The van der Waals surface area contributed by atoms with Crippen LogP contribution in [0.1, 0.15) is 25.0 Å². The molecule has 4 rings (SSSR count). The number of fused-ring (bicyclic) bond motifs is 1. The van der Waals surface area contributed by atoms with Crippen LogP contribution in [0.2, 0.25) is 0 Å². The van der Waals surface area contributed by atoms with E-state index in [0.717, 1.165) is 22.0 Å². The molecule has 0 saturated heterocycles. The van der Waals surface area contributed by atoms with E-state index in [1.54, 1.807) is 32.4 Å². The topological polar surface area (TPSA) is 86.9 Å². The van der Waals surface area contributed by atoms with Crippen LogP contribution in [0.15, 0.2) is 79.0 Å². The highest BCUT2D eigenvalue weighted by atomic mass is 16.5. The Balaban J connectivity index is 1.50. The fourth-order valence-corrected chi connectivity index (χ4v) is 4.50. The number of H-pyrrole nitrogens is 1. The lowest BCUT2D eigenvalue weighted by molar-refractivity contribution is -0.132. The van der Waals surface area contributed by atoms with Crippen LogP contribution in [-0.4, -0.2) is 60.1 Å². The van der Waals surface area contributed by atoms with Gasteiger partial charge in [-0.05, 0) is 37.5 Å². The lowest BCUT2D eigenvalue weighted by Gasteiger charge is -2.30. The first-order valence-corrected chi connectivity index (χ1v) is 13.0. The van der Waals surface area contributed by atoms with Crippen LogP contribution in [0.4, 0.5) is 10.5 Å². The monoisotopic (exact) mass is 528 g/mol. The Morgan fingerprint density at radius 3 is 2.26 bits per heavy atom. The van der Waals surface area contributed by atoms with Gasteiger partial charge in [-0.2, -0.15) is 0 Å². The fraction of sp³-hybridized carbons (Fsp3) is 0.290. The van der Waals surface area contributed by atoms with Gasteiger partial charge in [-0.25, -0.2) is 4.79 Å². The highest BCUT2D eigenvalue weighted by molar-refractivity contribution is 5.93. The van der Waals surface area contributed by atoms with Gasteiger partial charge in [0.15, 0.2) is 0 Å². The number of urea groups is 1. The number of carbonyl (C=O) groups excluding carboxylic acids is 2. The van der Waals surface area contributed by atoms with E-state index >= 15 is 0 Å². The van der Waals surface area contributed by atoms with Crippen molar-refractivity contribution in [2.24, 2.45) is 0 Å². The quantitative estimate of drug-likeness (QED) is 0.262. The summed E-state index contributed by atoms with van der Waals surface area (Å²) in [6.45, 7) is 4.73. The van der Waals surface area contributed by atoms with E-state index < -0.39 is 0 Å². The normalized spacial score (nSPS) is 10.9. The number of nitrogens with one attached hydrogen (secondary N) is 2. The summed E-state index contributed by atoms with van der Waals surface area (Å²) < 4.78 is 10.6. The van der Waals surface area contributed by atoms with E-state index in [-0.39, 0.29) is 24.5 Å². The van der Waals surface area contributed by atoms with Crippen LogP contribution in [0, 0.1) is 0 Å². The van der Waals surface area contributed by atoms with E-state index in [0.29, 0.717) is 36.7 Å². The molecule has 0 saturated carbocycles. The summed E-state index contributed by atoms with van der Waals surface area (Å²) in [5.41, 5.74) is 3.79. The molecule has 0 spiro atoms. The van der Waals surface area contributed by atoms with Crippen molar-refractivity contribution in [3.8, 4) is 11.5 Å². The van der Waals surface area contributed by atoms with Gasteiger partial charge in [0, 0.05) is 60.1 Å². The highest BCUT2D eigenvalue weighted by Gasteiger charge is 2.24. The van der Waals surface area contributed by atoms with Crippen LogP contribution >= 0.6 is 0 Å². The predicted molar refractivity (Wildman–Crippen MR) is 154 cm³/mol. The number of hydrogen-bond acceptors (Lipinski definition) is 4. The summed E-state index contributed by atoms with van der Waals surface area (Å²) in [7, 11) is 3.11. The van der Waals surface area contributed by atoms with Crippen LogP contribution < -0.4 is 14.8 Å². The second kappa shape index (κ2) is 12.9. The summed E-state index contributed by atoms with van der Waals surface area (Å²) in [6, 6.07) is 22.6. The molecule has 0 unspecified atom stereocenters. The van der Waals surface area contributed by atoms with Crippen molar-refractivity contribution in [3.05, 3.63) is 90.1 Å². The standard InChI is InChI=1S/C31H36N4O4/c1-22(2)35(31(37)33-25-16-26(38-3)18-27(17-25)39-4)21-30(36)34(20-23-10-6-5-7-11-23)15-14-24-19-32-29-13-9-8-12-28(24)29/h5-13,16-19,22,32H,14-15,20-21H2,1-4H3,(H,33,37). The zero-order chi connectivity index (χ0) is 27.8. The number of ether oxygens (including phenoxy) is 2. The van der Waals surface area contributed by atoms with Gasteiger partial charge in [0.25, 0.3) is 0 Å².